The zero-order valence-electron chi connectivity index (χ0n) is 28.3. The molecule has 0 aliphatic carbocycles. The van der Waals surface area contributed by atoms with Gasteiger partial charge in [-0.05, 0) is 109 Å². The molecular formula is C42H49NO5. The molecule has 252 valence electrons. The van der Waals surface area contributed by atoms with Gasteiger partial charge in [-0.15, -0.1) is 0 Å². The molecule has 0 radical (unpaired) electrons. The lowest BCUT2D eigenvalue weighted by molar-refractivity contribution is 0.148. The van der Waals surface area contributed by atoms with Crippen molar-refractivity contribution in [3.05, 3.63) is 115 Å². The number of unbranched alkanes of at least 4 members (excludes halogenated alkanes) is 6. The Bertz CT molecular complexity index is 1490. The minimum absolute atomic E-state index is 0.634. The van der Waals surface area contributed by atoms with Gasteiger partial charge in [0, 0.05) is 13.2 Å². The molecule has 0 fully saturated rings. The van der Waals surface area contributed by atoms with Crippen LogP contribution in [0.5, 0.6) is 17.2 Å². The molecule has 6 heteroatoms. The van der Waals surface area contributed by atoms with Crippen LogP contribution in [0.4, 0.5) is 0 Å². The Morgan fingerprint density at radius 1 is 0.458 bits per heavy atom. The van der Waals surface area contributed by atoms with Gasteiger partial charge in [0.1, 0.15) is 17.2 Å². The van der Waals surface area contributed by atoms with E-state index in [0.29, 0.717) is 18.8 Å². The third-order valence-electron chi connectivity index (χ3n) is 7.98. The van der Waals surface area contributed by atoms with E-state index in [4.69, 9.17) is 28.9 Å². The van der Waals surface area contributed by atoms with E-state index in [1.807, 2.05) is 72.8 Å². The van der Waals surface area contributed by atoms with Crippen molar-refractivity contribution in [2.24, 2.45) is 0 Å². The molecule has 48 heavy (non-hydrogen) atoms. The first-order valence-electron chi connectivity index (χ1n) is 17.2. The topological polar surface area (TPSA) is 69.9 Å². The molecule has 0 aromatic heterocycles. The second-order valence-corrected chi connectivity index (χ2v) is 11.6. The average Bonchev–Trinajstić information content (AvgIpc) is 3.14. The minimum atomic E-state index is 0.634. The normalized spacial score (nSPS) is 11.0. The van der Waals surface area contributed by atoms with Gasteiger partial charge < -0.3 is 23.7 Å². The van der Waals surface area contributed by atoms with Gasteiger partial charge in [0.25, 0.3) is 0 Å². The predicted molar refractivity (Wildman–Crippen MR) is 194 cm³/mol. The van der Waals surface area contributed by atoms with Crippen LogP contribution in [0.1, 0.15) is 56.9 Å². The fraction of sp³-hybridized carbons (Fsp3) is 0.357. The maximum absolute atomic E-state index is 8.95. The van der Waals surface area contributed by atoms with Crippen molar-refractivity contribution in [3.63, 3.8) is 0 Å². The Morgan fingerprint density at radius 3 is 1.19 bits per heavy atom. The molecule has 0 heterocycles. The standard InChI is InChI=1S/C42H49NO5/c1-44-40-22-16-37(17-23-40)39-20-26-42(27-21-39)48-33-9-5-3-7-29-46-31-11-10-30-45-28-6-2-4-8-32-47-41-24-18-38(19-25-41)36-14-12-35(34-43)13-15-36/h10-27H,2-9,28-33H2,1H3/b11-10-. The van der Waals surface area contributed by atoms with Crippen molar-refractivity contribution in [2.45, 2.75) is 51.4 Å². The van der Waals surface area contributed by atoms with E-state index in [-0.39, 0.29) is 0 Å². The van der Waals surface area contributed by atoms with Crippen LogP contribution in [0, 0.1) is 11.3 Å². The van der Waals surface area contributed by atoms with Crippen LogP contribution in [0.15, 0.2) is 109 Å². The summed E-state index contributed by atoms with van der Waals surface area (Å²) >= 11 is 0. The Balaban J connectivity index is 0.889. The highest BCUT2D eigenvalue weighted by molar-refractivity contribution is 5.65. The van der Waals surface area contributed by atoms with Gasteiger partial charge in [0.2, 0.25) is 0 Å². The van der Waals surface area contributed by atoms with Gasteiger partial charge in [-0.1, -0.05) is 73.5 Å². The molecule has 0 spiro atoms. The van der Waals surface area contributed by atoms with E-state index in [2.05, 4.69) is 42.5 Å². The van der Waals surface area contributed by atoms with Crippen LogP contribution < -0.4 is 14.2 Å². The Hall–Kier alpha value is -4.57. The number of methoxy groups -OCH3 is 1. The van der Waals surface area contributed by atoms with Crippen molar-refractivity contribution >= 4 is 0 Å². The highest BCUT2D eigenvalue weighted by atomic mass is 16.5. The van der Waals surface area contributed by atoms with Crippen molar-refractivity contribution in [3.8, 4) is 45.6 Å². The molecule has 0 saturated heterocycles. The zero-order chi connectivity index (χ0) is 33.5. The molecule has 0 saturated carbocycles. The lowest BCUT2D eigenvalue weighted by atomic mass is 10.0. The van der Waals surface area contributed by atoms with Crippen molar-refractivity contribution in [1.82, 2.24) is 0 Å². The lowest BCUT2D eigenvalue weighted by Gasteiger charge is -2.08. The highest BCUT2D eigenvalue weighted by Gasteiger charge is 2.02. The molecule has 4 aromatic rings. The van der Waals surface area contributed by atoms with Gasteiger partial charge in [0.15, 0.2) is 0 Å². The number of hydrogen-bond donors (Lipinski definition) is 0. The molecule has 0 amide bonds. The van der Waals surface area contributed by atoms with Crippen LogP contribution >= 0.6 is 0 Å². The molecule has 0 atom stereocenters. The minimum Gasteiger partial charge on any atom is -0.497 e. The fourth-order valence-corrected chi connectivity index (χ4v) is 5.15. The molecule has 6 nitrogen and oxygen atoms in total. The van der Waals surface area contributed by atoms with Gasteiger partial charge in [-0.3, -0.25) is 0 Å². The number of hydrogen-bond acceptors (Lipinski definition) is 6. The summed E-state index contributed by atoms with van der Waals surface area (Å²) in [5.41, 5.74) is 5.21. The fourth-order valence-electron chi connectivity index (χ4n) is 5.15. The van der Waals surface area contributed by atoms with Crippen LogP contribution in [-0.2, 0) is 9.47 Å². The first kappa shape index (κ1) is 36.3. The molecule has 0 aliphatic heterocycles. The number of benzene rings is 4. The summed E-state index contributed by atoms with van der Waals surface area (Å²) in [4.78, 5) is 0. The lowest BCUT2D eigenvalue weighted by Crippen LogP contribution is -1.99. The average molecular weight is 648 g/mol. The first-order chi connectivity index (χ1) is 23.7. The van der Waals surface area contributed by atoms with Crippen LogP contribution in [-0.4, -0.2) is 46.8 Å². The summed E-state index contributed by atoms with van der Waals surface area (Å²) in [7, 11) is 1.68. The third-order valence-corrected chi connectivity index (χ3v) is 7.98. The highest BCUT2D eigenvalue weighted by Crippen LogP contribution is 2.25. The summed E-state index contributed by atoms with van der Waals surface area (Å²) in [5, 5.41) is 8.95. The number of nitriles is 1. The van der Waals surface area contributed by atoms with Gasteiger partial charge >= 0.3 is 0 Å². The first-order valence-corrected chi connectivity index (χ1v) is 17.2. The summed E-state index contributed by atoms with van der Waals surface area (Å²) in [6.07, 6.45) is 12.8. The van der Waals surface area contributed by atoms with Crippen molar-refractivity contribution in [1.29, 1.82) is 5.26 Å². The third kappa shape index (κ3) is 13.7. The van der Waals surface area contributed by atoms with Gasteiger partial charge in [-0.25, -0.2) is 0 Å². The SMILES string of the molecule is COc1ccc(-c2ccc(OCCCCCCOC/C=C\COCCCCCCOc3ccc(-c4ccc(C#N)cc4)cc3)cc2)cc1. The molecule has 0 unspecified atom stereocenters. The van der Waals surface area contributed by atoms with Crippen LogP contribution in [0.25, 0.3) is 22.3 Å². The van der Waals surface area contributed by atoms with E-state index < -0.39 is 0 Å². The molecular weight excluding hydrogens is 598 g/mol. The van der Waals surface area contributed by atoms with Crippen LogP contribution in [0.2, 0.25) is 0 Å². The summed E-state index contributed by atoms with van der Waals surface area (Å²) in [6, 6.07) is 34.2. The second-order valence-electron chi connectivity index (χ2n) is 11.6. The number of ether oxygens (including phenoxy) is 5. The summed E-state index contributed by atoms with van der Waals surface area (Å²) in [5.74, 6) is 2.66. The van der Waals surface area contributed by atoms with Gasteiger partial charge in [-0.2, -0.15) is 5.26 Å². The molecule has 0 bridgehead atoms. The quantitative estimate of drug-likeness (QED) is 0.0590. The molecule has 4 rings (SSSR count). The smallest absolute Gasteiger partial charge is 0.119 e. The second kappa shape index (κ2) is 22.1. The molecule has 0 N–H and O–H groups in total. The van der Waals surface area contributed by atoms with E-state index in [9.17, 15) is 0 Å². The van der Waals surface area contributed by atoms with E-state index in [1.54, 1.807) is 7.11 Å². The van der Waals surface area contributed by atoms with E-state index in [0.717, 1.165) is 112 Å². The molecule has 4 aromatic carbocycles. The Kier molecular flexibility index (Phi) is 16.7. The number of rotatable bonds is 23. The van der Waals surface area contributed by atoms with E-state index in [1.165, 1.54) is 5.56 Å². The summed E-state index contributed by atoms with van der Waals surface area (Å²) < 4.78 is 28.5. The monoisotopic (exact) mass is 647 g/mol. The molecule has 0 aliphatic rings. The van der Waals surface area contributed by atoms with Crippen LogP contribution in [0.3, 0.4) is 0 Å². The number of nitrogens with zero attached hydrogens (tertiary/aromatic N) is 1. The van der Waals surface area contributed by atoms with Crippen molar-refractivity contribution < 1.29 is 23.7 Å². The Morgan fingerprint density at radius 2 is 0.812 bits per heavy atom. The maximum Gasteiger partial charge on any atom is 0.119 e. The van der Waals surface area contributed by atoms with Gasteiger partial charge in [0.05, 0.1) is 45.2 Å². The largest absolute Gasteiger partial charge is 0.497 e. The maximum atomic E-state index is 8.95. The predicted octanol–water partition coefficient (Wildman–Crippen LogP) is 10.1. The zero-order valence-corrected chi connectivity index (χ0v) is 28.3. The van der Waals surface area contributed by atoms with E-state index >= 15 is 0 Å². The Labute approximate surface area is 286 Å². The summed E-state index contributed by atoms with van der Waals surface area (Å²) in [6.45, 7) is 4.29. The van der Waals surface area contributed by atoms with Crippen molar-refractivity contribution in [2.75, 3.05) is 46.8 Å².